The Labute approximate surface area is 132 Å². The highest BCUT2D eigenvalue weighted by Gasteiger charge is 2.64. The van der Waals surface area contributed by atoms with E-state index in [1.165, 1.54) is 0 Å². The Morgan fingerprint density at radius 1 is 1.09 bits per heavy atom. The summed E-state index contributed by atoms with van der Waals surface area (Å²) in [5.41, 5.74) is -0.597. The third-order valence-electron chi connectivity index (χ3n) is 8.18. The van der Waals surface area contributed by atoms with Gasteiger partial charge in [0.2, 0.25) is 0 Å². The maximum atomic E-state index is 12.4. The average Bonchev–Trinajstić information content (AvgIpc) is 2.76. The molecule has 6 atom stereocenters. The van der Waals surface area contributed by atoms with Gasteiger partial charge in [0.05, 0.1) is 0 Å². The molecule has 4 aliphatic carbocycles. The van der Waals surface area contributed by atoms with Crippen molar-refractivity contribution in [1.29, 1.82) is 0 Å². The lowest BCUT2D eigenvalue weighted by molar-refractivity contribution is -0.270. The first kappa shape index (κ1) is 14.9. The van der Waals surface area contributed by atoms with Crippen molar-refractivity contribution in [2.24, 2.45) is 34.5 Å². The molecule has 0 aliphatic heterocycles. The molecule has 0 bridgehead atoms. The second-order valence-electron chi connectivity index (χ2n) is 8.72. The van der Waals surface area contributed by atoms with Crippen LogP contribution in [0, 0.1) is 34.5 Å². The van der Waals surface area contributed by atoms with Crippen molar-refractivity contribution in [3.8, 4) is 0 Å². The molecular weight excluding hydrogens is 276 g/mol. The number of hydrogen-bond acceptors (Lipinski definition) is 3. The highest BCUT2D eigenvalue weighted by atomic mass is 16.5. The number of fused-ring (bicyclic) bond motifs is 5. The molecule has 0 aromatic rings. The van der Waals surface area contributed by atoms with Gasteiger partial charge in [0, 0.05) is 17.3 Å². The minimum absolute atomic E-state index is 0.136. The lowest BCUT2D eigenvalue weighted by Gasteiger charge is -2.61. The summed E-state index contributed by atoms with van der Waals surface area (Å²) in [6.07, 6.45) is 10.4. The van der Waals surface area contributed by atoms with Gasteiger partial charge in [-0.25, -0.2) is 0 Å². The van der Waals surface area contributed by atoms with Gasteiger partial charge < -0.3 is 10.2 Å². The summed E-state index contributed by atoms with van der Waals surface area (Å²) < 4.78 is 0. The van der Waals surface area contributed by atoms with E-state index < -0.39 is 11.2 Å². The van der Waals surface area contributed by atoms with Crippen molar-refractivity contribution >= 4 is 5.78 Å². The first-order valence-corrected chi connectivity index (χ1v) is 8.96. The molecule has 2 N–H and O–H groups in total. The fourth-order valence-electron chi connectivity index (χ4n) is 6.71. The Hall–Kier alpha value is -0.670. The molecule has 3 fully saturated rings. The van der Waals surface area contributed by atoms with Crippen LogP contribution in [0.4, 0.5) is 0 Å². The van der Waals surface area contributed by atoms with Crippen molar-refractivity contribution in [2.45, 2.75) is 64.6 Å². The molecule has 4 rings (SSSR count). The summed E-state index contributed by atoms with van der Waals surface area (Å²) in [5, 5.41) is 21.5. The molecule has 122 valence electrons. The minimum atomic E-state index is -1.70. The molecule has 22 heavy (non-hydrogen) atoms. The Morgan fingerprint density at radius 2 is 1.86 bits per heavy atom. The number of Topliss-reactive ketones (excluding diaryl/α,β-unsaturated/α-hetero) is 1. The maximum Gasteiger partial charge on any atom is 0.188 e. The number of aliphatic hydroxyl groups is 2. The lowest BCUT2D eigenvalue weighted by Crippen LogP contribution is -2.62. The molecule has 3 nitrogen and oxygen atoms in total. The number of carbonyl (C=O) groups excluding carboxylic acids is 1. The maximum absolute atomic E-state index is 12.4. The van der Waals surface area contributed by atoms with Crippen LogP contribution in [-0.4, -0.2) is 21.8 Å². The van der Waals surface area contributed by atoms with Crippen LogP contribution in [-0.2, 0) is 4.79 Å². The average molecular weight is 304 g/mol. The number of ketones is 1. The normalized spacial score (nSPS) is 52.8. The number of hydrogen-bond donors (Lipinski definition) is 2. The van der Waals surface area contributed by atoms with E-state index >= 15 is 0 Å². The van der Waals surface area contributed by atoms with Crippen LogP contribution < -0.4 is 0 Å². The van der Waals surface area contributed by atoms with Crippen molar-refractivity contribution in [1.82, 2.24) is 0 Å². The Balaban J connectivity index is 1.74. The minimum Gasteiger partial charge on any atom is -0.362 e. The summed E-state index contributed by atoms with van der Waals surface area (Å²) in [5.74, 6) is 0.376. The molecule has 4 aliphatic rings. The molecule has 1 unspecified atom stereocenters. The van der Waals surface area contributed by atoms with Crippen molar-refractivity contribution in [2.75, 3.05) is 0 Å². The fourth-order valence-corrected chi connectivity index (χ4v) is 6.71. The fraction of sp³-hybridized carbons (Fsp3) is 0.842. The van der Waals surface area contributed by atoms with Gasteiger partial charge >= 0.3 is 0 Å². The van der Waals surface area contributed by atoms with Crippen LogP contribution in [0.15, 0.2) is 12.2 Å². The Kier molecular flexibility index (Phi) is 3.01. The zero-order valence-electron chi connectivity index (χ0n) is 13.7. The monoisotopic (exact) mass is 304 g/mol. The van der Waals surface area contributed by atoms with E-state index in [0.29, 0.717) is 29.5 Å². The second kappa shape index (κ2) is 4.45. The third-order valence-corrected chi connectivity index (χ3v) is 8.18. The molecule has 0 spiro atoms. The van der Waals surface area contributed by atoms with Crippen LogP contribution >= 0.6 is 0 Å². The van der Waals surface area contributed by atoms with Gasteiger partial charge in [-0.2, -0.15) is 0 Å². The summed E-state index contributed by atoms with van der Waals surface area (Å²) in [7, 11) is 0. The standard InChI is InChI=1S/C19H28O3/c1-17-11-9-15-13(14(17)7-8-16(17)20)6-5-12-4-3-10-19(21,22)18(12,15)2/h3,10,12-15,21-22H,4-9,11H2,1-2H3/t12?,13-,14-,15-,17-,18-/m0/s1. The molecule has 0 heterocycles. The summed E-state index contributed by atoms with van der Waals surface area (Å²) in [4.78, 5) is 12.4. The highest BCUT2D eigenvalue weighted by molar-refractivity contribution is 5.87. The first-order valence-electron chi connectivity index (χ1n) is 8.96. The van der Waals surface area contributed by atoms with E-state index in [1.807, 2.05) is 6.08 Å². The first-order chi connectivity index (χ1) is 10.3. The van der Waals surface area contributed by atoms with Crippen LogP contribution in [0.3, 0.4) is 0 Å². The SMILES string of the molecule is C[C@@]12C(CC=CC1(O)O)CC[C@@H]1[C@@H]2CC[C@]2(C)C(=O)CC[C@@H]12. The highest BCUT2D eigenvalue weighted by Crippen LogP contribution is 2.66. The van der Waals surface area contributed by atoms with Crippen molar-refractivity contribution in [3.05, 3.63) is 12.2 Å². The summed E-state index contributed by atoms with van der Waals surface area (Å²) in [6, 6.07) is 0. The van der Waals surface area contributed by atoms with Crippen LogP contribution in [0.1, 0.15) is 58.8 Å². The van der Waals surface area contributed by atoms with Gasteiger partial charge in [0.15, 0.2) is 5.79 Å². The molecule has 3 saturated carbocycles. The predicted molar refractivity (Wildman–Crippen MR) is 83.8 cm³/mol. The smallest absolute Gasteiger partial charge is 0.188 e. The van der Waals surface area contributed by atoms with E-state index in [2.05, 4.69) is 13.8 Å². The van der Waals surface area contributed by atoms with Gasteiger partial charge in [0.1, 0.15) is 5.78 Å². The molecule has 0 amide bonds. The van der Waals surface area contributed by atoms with Gasteiger partial charge in [0.25, 0.3) is 0 Å². The van der Waals surface area contributed by atoms with Crippen LogP contribution in [0.2, 0.25) is 0 Å². The summed E-state index contributed by atoms with van der Waals surface area (Å²) in [6.45, 7) is 4.26. The topological polar surface area (TPSA) is 57.5 Å². The zero-order chi connectivity index (χ0) is 15.8. The number of carbonyl (C=O) groups is 1. The predicted octanol–water partition coefficient (Wildman–Crippen LogP) is 3.06. The van der Waals surface area contributed by atoms with Gasteiger partial charge in [-0.05, 0) is 68.3 Å². The van der Waals surface area contributed by atoms with Gasteiger partial charge in [-0.3, -0.25) is 4.79 Å². The van der Waals surface area contributed by atoms with E-state index in [1.54, 1.807) is 6.08 Å². The number of rotatable bonds is 0. The molecule has 3 heteroatoms. The summed E-state index contributed by atoms with van der Waals surface area (Å²) >= 11 is 0. The quantitative estimate of drug-likeness (QED) is 0.534. The molecular formula is C19H28O3. The van der Waals surface area contributed by atoms with E-state index in [-0.39, 0.29) is 5.41 Å². The van der Waals surface area contributed by atoms with Crippen LogP contribution in [0.5, 0.6) is 0 Å². The Bertz CT molecular complexity index is 537. The number of allylic oxidation sites excluding steroid dienone is 1. The van der Waals surface area contributed by atoms with Gasteiger partial charge in [-0.15, -0.1) is 0 Å². The molecule has 0 radical (unpaired) electrons. The molecule has 0 saturated heterocycles. The van der Waals surface area contributed by atoms with Crippen molar-refractivity contribution < 1.29 is 15.0 Å². The molecule has 0 aromatic carbocycles. The van der Waals surface area contributed by atoms with E-state index in [9.17, 15) is 15.0 Å². The zero-order valence-corrected chi connectivity index (χ0v) is 13.7. The van der Waals surface area contributed by atoms with Crippen LogP contribution in [0.25, 0.3) is 0 Å². The van der Waals surface area contributed by atoms with Gasteiger partial charge in [-0.1, -0.05) is 19.9 Å². The van der Waals surface area contributed by atoms with E-state index in [4.69, 9.17) is 0 Å². The third kappa shape index (κ3) is 1.62. The van der Waals surface area contributed by atoms with E-state index in [0.717, 1.165) is 44.9 Å². The largest absolute Gasteiger partial charge is 0.362 e. The molecule has 0 aromatic heterocycles. The lowest BCUT2D eigenvalue weighted by atomic mass is 9.44. The Morgan fingerprint density at radius 3 is 2.64 bits per heavy atom. The van der Waals surface area contributed by atoms with Crippen molar-refractivity contribution in [3.63, 3.8) is 0 Å². The second-order valence-corrected chi connectivity index (χ2v) is 8.72.